The van der Waals surface area contributed by atoms with Crippen molar-refractivity contribution in [3.8, 4) is 0 Å². The SMILES string of the molecule is CCCN(CC)C(=O)N1CCC(C(=O)O)CC1C. The zero-order valence-corrected chi connectivity index (χ0v) is 11.6. The van der Waals surface area contributed by atoms with Crippen molar-refractivity contribution in [3.63, 3.8) is 0 Å². The van der Waals surface area contributed by atoms with E-state index in [0.29, 0.717) is 25.9 Å². The summed E-state index contributed by atoms with van der Waals surface area (Å²) in [5.74, 6) is -1.04. The summed E-state index contributed by atoms with van der Waals surface area (Å²) in [4.78, 5) is 26.9. The first-order chi connectivity index (χ1) is 8.51. The predicted octanol–water partition coefficient (Wildman–Crippen LogP) is 2.02. The van der Waals surface area contributed by atoms with Gasteiger partial charge < -0.3 is 14.9 Å². The summed E-state index contributed by atoms with van der Waals surface area (Å²) in [6, 6.07) is 0.0638. The van der Waals surface area contributed by atoms with Gasteiger partial charge in [0, 0.05) is 25.7 Å². The molecule has 5 heteroatoms. The van der Waals surface area contributed by atoms with E-state index >= 15 is 0 Å². The molecule has 0 radical (unpaired) electrons. The van der Waals surface area contributed by atoms with E-state index in [9.17, 15) is 9.59 Å². The molecule has 1 aliphatic rings. The molecule has 5 nitrogen and oxygen atoms in total. The van der Waals surface area contributed by atoms with E-state index in [-0.39, 0.29) is 18.0 Å². The van der Waals surface area contributed by atoms with Crippen LogP contribution < -0.4 is 0 Å². The lowest BCUT2D eigenvalue weighted by Crippen LogP contribution is -2.51. The fourth-order valence-corrected chi connectivity index (χ4v) is 2.52. The van der Waals surface area contributed by atoms with E-state index in [2.05, 4.69) is 6.92 Å². The van der Waals surface area contributed by atoms with Crippen LogP contribution in [0.15, 0.2) is 0 Å². The Hall–Kier alpha value is -1.26. The first-order valence-corrected chi connectivity index (χ1v) is 6.79. The maximum absolute atomic E-state index is 12.3. The summed E-state index contributed by atoms with van der Waals surface area (Å²) >= 11 is 0. The van der Waals surface area contributed by atoms with Crippen molar-refractivity contribution >= 4 is 12.0 Å². The Labute approximate surface area is 109 Å². The highest BCUT2D eigenvalue weighted by atomic mass is 16.4. The second-order valence-corrected chi connectivity index (χ2v) is 4.96. The molecule has 2 unspecified atom stereocenters. The van der Waals surface area contributed by atoms with Gasteiger partial charge in [0.15, 0.2) is 0 Å². The molecule has 18 heavy (non-hydrogen) atoms. The minimum absolute atomic E-state index is 0.0123. The number of carboxylic acids is 1. The number of amides is 2. The number of piperidine rings is 1. The standard InChI is InChI=1S/C13H24N2O3/c1-4-7-14(5-2)13(18)15-8-6-11(12(16)17)9-10(15)3/h10-11H,4-9H2,1-3H3,(H,16,17). The van der Waals surface area contributed by atoms with Crippen molar-refractivity contribution < 1.29 is 14.7 Å². The largest absolute Gasteiger partial charge is 0.481 e. The predicted molar refractivity (Wildman–Crippen MR) is 69.5 cm³/mol. The summed E-state index contributed by atoms with van der Waals surface area (Å²) < 4.78 is 0. The third-order valence-corrected chi connectivity index (χ3v) is 3.62. The van der Waals surface area contributed by atoms with E-state index in [1.54, 1.807) is 0 Å². The first kappa shape index (κ1) is 14.8. The van der Waals surface area contributed by atoms with Crippen LogP contribution in [0, 0.1) is 5.92 Å². The summed E-state index contributed by atoms with van der Waals surface area (Å²) in [6.45, 7) is 7.99. The number of hydrogen-bond acceptors (Lipinski definition) is 2. The van der Waals surface area contributed by atoms with Crippen molar-refractivity contribution in [1.29, 1.82) is 0 Å². The topological polar surface area (TPSA) is 60.9 Å². The fourth-order valence-electron chi connectivity index (χ4n) is 2.52. The zero-order valence-electron chi connectivity index (χ0n) is 11.6. The molecule has 0 bridgehead atoms. The maximum Gasteiger partial charge on any atom is 0.320 e. The van der Waals surface area contributed by atoms with Crippen LogP contribution in [0.4, 0.5) is 4.79 Å². The van der Waals surface area contributed by atoms with E-state index in [0.717, 1.165) is 13.0 Å². The molecule has 0 aliphatic carbocycles. The Morgan fingerprint density at radius 2 is 2.06 bits per heavy atom. The van der Waals surface area contributed by atoms with Crippen LogP contribution in [0.2, 0.25) is 0 Å². The molecule has 2 amide bonds. The lowest BCUT2D eigenvalue weighted by atomic mass is 9.92. The number of rotatable bonds is 4. The number of carboxylic acid groups (broad SMARTS) is 1. The lowest BCUT2D eigenvalue weighted by Gasteiger charge is -2.39. The van der Waals surface area contributed by atoms with Crippen LogP contribution in [0.5, 0.6) is 0 Å². The number of likely N-dealkylation sites (tertiary alicyclic amines) is 1. The van der Waals surface area contributed by atoms with Crippen molar-refractivity contribution in [2.45, 2.75) is 46.1 Å². The minimum Gasteiger partial charge on any atom is -0.481 e. The Morgan fingerprint density at radius 3 is 2.50 bits per heavy atom. The van der Waals surface area contributed by atoms with E-state index in [1.165, 1.54) is 0 Å². The second-order valence-electron chi connectivity index (χ2n) is 4.96. The van der Waals surface area contributed by atoms with Crippen molar-refractivity contribution in [2.24, 2.45) is 5.92 Å². The summed E-state index contributed by atoms with van der Waals surface area (Å²) in [5, 5.41) is 9.01. The molecule has 0 aromatic carbocycles. The highest BCUT2D eigenvalue weighted by Gasteiger charge is 2.33. The molecule has 1 saturated heterocycles. The summed E-state index contributed by atoms with van der Waals surface area (Å²) in [5.41, 5.74) is 0. The monoisotopic (exact) mass is 256 g/mol. The third-order valence-electron chi connectivity index (χ3n) is 3.62. The van der Waals surface area contributed by atoms with E-state index < -0.39 is 5.97 Å². The number of urea groups is 1. The smallest absolute Gasteiger partial charge is 0.320 e. The molecule has 1 rings (SSSR count). The van der Waals surface area contributed by atoms with Crippen molar-refractivity contribution in [1.82, 2.24) is 9.80 Å². The molecular weight excluding hydrogens is 232 g/mol. The van der Waals surface area contributed by atoms with Gasteiger partial charge in [0.2, 0.25) is 0 Å². The van der Waals surface area contributed by atoms with Crippen LogP contribution in [0.25, 0.3) is 0 Å². The second kappa shape index (κ2) is 6.61. The molecular formula is C13H24N2O3. The summed E-state index contributed by atoms with van der Waals surface area (Å²) in [6.07, 6.45) is 2.07. The maximum atomic E-state index is 12.3. The summed E-state index contributed by atoms with van der Waals surface area (Å²) in [7, 11) is 0. The van der Waals surface area contributed by atoms with Crippen LogP contribution in [0.1, 0.15) is 40.0 Å². The Bertz CT molecular complexity index is 307. The van der Waals surface area contributed by atoms with Gasteiger partial charge in [0.1, 0.15) is 0 Å². The van der Waals surface area contributed by atoms with Gasteiger partial charge >= 0.3 is 12.0 Å². The highest BCUT2D eigenvalue weighted by Crippen LogP contribution is 2.24. The third kappa shape index (κ3) is 3.37. The van der Waals surface area contributed by atoms with Crippen molar-refractivity contribution in [2.75, 3.05) is 19.6 Å². The Kier molecular flexibility index (Phi) is 5.44. The Morgan fingerprint density at radius 1 is 1.39 bits per heavy atom. The van der Waals surface area contributed by atoms with Gasteiger partial charge in [-0.2, -0.15) is 0 Å². The molecule has 1 heterocycles. The molecule has 1 fully saturated rings. The highest BCUT2D eigenvalue weighted by molar-refractivity contribution is 5.76. The molecule has 1 N–H and O–H groups in total. The molecule has 0 aromatic heterocycles. The van der Waals surface area contributed by atoms with Gasteiger partial charge in [-0.15, -0.1) is 0 Å². The number of carbonyl (C=O) groups excluding carboxylic acids is 1. The van der Waals surface area contributed by atoms with Gasteiger partial charge in [0.25, 0.3) is 0 Å². The van der Waals surface area contributed by atoms with Crippen LogP contribution in [0.3, 0.4) is 0 Å². The fraction of sp³-hybridized carbons (Fsp3) is 0.846. The molecule has 1 aliphatic heterocycles. The quantitative estimate of drug-likeness (QED) is 0.837. The molecule has 0 spiro atoms. The van der Waals surface area contributed by atoms with E-state index in [4.69, 9.17) is 5.11 Å². The van der Waals surface area contributed by atoms with Crippen LogP contribution in [-0.2, 0) is 4.79 Å². The van der Waals surface area contributed by atoms with Gasteiger partial charge in [0.05, 0.1) is 5.92 Å². The van der Waals surface area contributed by atoms with Gasteiger partial charge in [-0.3, -0.25) is 4.79 Å². The number of nitrogens with zero attached hydrogens (tertiary/aromatic N) is 2. The number of aliphatic carboxylic acids is 1. The number of carbonyl (C=O) groups is 2. The average molecular weight is 256 g/mol. The first-order valence-electron chi connectivity index (χ1n) is 6.79. The van der Waals surface area contributed by atoms with Crippen LogP contribution in [-0.4, -0.2) is 52.6 Å². The van der Waals surface area contributed by atoms with Gasteiger partial charge in [-0.05, 0) is 33.1 Å². The molecule has 0 saturated carbocycles. The number of hydrogen-bond donors (Lipinski definition) is 1. The van der Waals surface area contributed by atoms with Gasteiger partial charge in [-0.25, -0.2) is 4.79 Å². The minimum atomic E-state index is -0.741. The van der Waals surface area contributed by atoms with Crippen molar-refractivity contribution in [3.05, 3.63) is 0 Å². The molecule has 0 aromatic rings. The normalized spacial score (nSPS) is 23.8. The lowest BCUT2D eigenvalue weighted by molar-refractivity contribution is -0.143. The zero-order chi connectivity index (χ0) is 13.7. The molecule has 2 atom stereocenters. The average Bonchev–Trinajstić information content (AvgIpc) is 2.34. The molecule has 104 valence electrons. The van der Waals surface area contributed by atoms with E-state index in [1.807, 2.05) is 23.6 Å². The van der Waals surface area contributed by atoms with Crippen LogP contribution >= 0.6 is 0 Å². The van der Waals surface area contributed by atoms with Gasteiger partial charge in [-0.1, -0.05) is 6.92 Å². The Balaban J connectivity index is 2.62.